The highest BCUT2D eigenvalue weighted by atomic mass is 35.5. The summed E-state index contributed by atoms with van der Waals surface area (Å²) in [6.07, 6.45) is 1.16. The van der Waals surface area contributed by atoms with E-state index < -0.39 is 10.8 Å². The van der Waals surface area contributed by atoms with Gasteiger partial charge in [0.05, 0.1) is 34.5 Å². The van der Waals surface area contributed by atoms with E-state index in [2.05, 4.69) is 10.6 Å². The van der Waals surface area contributed by atoms with E-state index in [4.69, 9.17) is 27.9 Å². The maximum absolute atomic E-state index is 12.2. The average molecular weight is 407 g/mol. The third-order valence-corrected chi connectivity index (χ3v) is 3.86. The molecule has 0 aliphatic carbocycles. The molecule has 27 heavy (non-hydrogen) atoms. The number of nitrogens with zero attached hydrogens (tertiary/aromatic N) is 2. The van der Waals surface area contributed by atoms with Crippen molar-refractivity contribution < 1.29 is 14.5 Å². The molecule has 0 atom stereocenters. The lowest BCUT2D eigenvalue weighted by molar-refractivity contribution is -0.384. The van der Waals surface area contributed by atoms with Gasteiger partial charge in [-0.05, 0) is 24.3 Å². The number of rotatable bonds is 6. The Labute approximate surface area is 164 Å². The second-order valence-corrected chi connectivity index (χ2v) is 5.88. The summed E-state index contributed by atoms with van der Waals surface area (Å²) in [5.74, 6) is -0.519. The van der Waals surface area contributed by atoms with Crippen molar-refractivity contribution in [1.82, 2.24) is 0 Å². The molecule has 1 amide bonds. The Balaban J connectivity index is 2.20. The molecule has 0 saturated heterocycles. The molecule has 0 saturated carbocycles. The van der Waals surface area contributed by atoms with Gasteiger partial charge in [-0.1, -0.05) is 23.2 Å². The first-order chi connectivity index (χ1) is 12.8. The van der Waals surface area contributed by atoms with E-state index in [9.17, 15) is 20.2 Å². The highest BCUT2D eigenvalue weighted by Crippen LogP contribution is 2.29. The number of nitro groups is 1. The molecule has 0 aromatic heterocycles. The number of halogens is 2. The molecule has 138 valence electrons. The third kappa shape index (κ3) is 5.10. The van der Waals surface area contributed by atoms with Crippen LogP contribution in [0, 0.1) is 21.4 Å². The van der Waals surface area contributed by atoms with E-state index in [0.717, 1.165) is 6.20 Å². The monoisotopic (exact) mass is 406 g/mol. The zero-order chi connectivity index (χ0) is 20.0. The fourth-order valence-electron chi connectivity index (χ4n) is 1.99. The SMILES string of the molecule is COc1cc([N+](=O)[O-])ccc1N/C=C(/C#N)C(=O)Nc1ccc(Cl)cc1Cl. The highest BCUT2D eigenvalue weighted by Gasteiger charge is 2.14. The summed E-state index contributed by atoms with van der Waals surface area (Å²) in [4.78, 5) is 22.5. The summed E-state index contributed by atoms with van der Waals surface area (Å²) in [7, 11) is 1.34. The minimum atomic E-state index is -0.699. The van der Waals surface area contributed by atoms with Gasteiger partial charge in [-0.3, -0.25) is 14.9 Å². The number of carbonyl (C=O) groups is 1. The molecular formula is C17H12Cl2N4O4. The van der Waals surface area contributed by atoms with Crippen LogP contribution in [-0.4, -0.2) is 17.9 Å². The Kier molecular flexibility index (Phi) is 6.60. The smallest absolute Gasteiger partial charge is 0.273 e. The number of nitrogens with one attached hydrogen (secondary N) is 2. The molecule has 0 heterocycles. The Morgan fingerprint density at radius 3 is 2.56 bits per heavy atom. The van der Waals surface area contributed by atoms with Crippen LogP contribution in [0.5, 0.6) is 5.75 Å². The lowest BCUT2D eigenvalue weighted by atomic mass is 10.2. The van der Waals surface area contributed by atoms with E-state index in [1.807, 2.05) is 0 Å². The first kappa shape index (κ1) is 20.0. The second kappa shape index (κ2) is 8.89. The molecular weight excluding hydrogens is 395 g/mol. The molecule has 10 heteroatoms. The molecule has 2 rings (SSSR count). The largest absolute Gasteiger partial charge is 0.494 e. The van der Waals surface area contributed by atoms with E-state index >= 15 is 0 Å². The number of benzene rings is 2. The van der Waals surface area contributed by atoms with Crippen molar-refractivity contribution in [2.24, 2.45) is 0 Å². The first-order valence-electron chi connectivity index (χ1n) is 7.31. The van der Waals surface area contributed by atoms with E-state index in [1.165, 1.54) is 37.4 Å². The summed E-state index contributed by atoms with van der Waals surface area (Å²) in [5.41, 5.74) is 0.228. The van der Waals surface area contributed by atoms with Crippen LogP contribution in [0.1, 0.15) is 0 Å². The van der Waals surface area contributed by atoms with E-state index in [0.29, 0.717) is 16.4 Å². The standard InChI is InChI=1S/C17H12Cl2N4O4/c1-27-16-7-12(23(25)26)3-5-15(16)21-9-10(8-20)17(24)22-14-4-2-11(18)6-13(14)19/h2-7,9,21H,1H3,(H,22,24)/b10-9-. The van der Waals surface area contributed by atoms with Gasteiger partial charge in [0.25, 0.3) is 11.6 Å². The predicted octanol–water partition coefficient (Wildman–Crippen LogP) is 4.37. The van der Waals surface area contributed by atoms with Gasteiger partial charge in [0.1, 0.15) is 17.4 Å². The number of anilines is 2. The van der Waals surface area contributed by atoms with E-state index in [-0.39, 0.29) is 22.0 Å². The minimum absolute atomic E-state index is 0.156. The van der Waals surface area contributed by atoms with Crippen molar-refractivity contribution in [3.8, 4) is 11.8 Å². The zero-order valence-electron chi connectivity index (χ0n) is 13.8. The number of methoxy groups -OCH3 is 1. The molecule has 0 spiro atoms. The van der Waals surface area contributed by atoms with Crippen LogP contribution in [-0.2, 0) is 4.79 Å². The Morgan fingerprint density at radius 1 is 1.26 bits per heavy atom. The minimum Gasteiger partial charge on any atom is -0.494 e. The lowest BCUT2D eigenvalue weighted by Crippen LogP contribution is -2.15. The zero-order valence-corrected chi connectivity index (χ0v) is 15.3. The number of non-ortho nitro benzene ring substituents is 1. The van der Waals surface area contributed by atoms with Crippen LogP contribution >= 0.6 is 23.2 Å². The number of ether oxygens (including phenoxy) is 1. The Hall–Kier alpha value is -3.28. The Bertz CT molecular complexity index is 970. The molecule has 0 bridgehead atoms. The molecule has 0 aliphatic rings. The van der Waals surface area contributed by atoms with E-state index in [1.54, 1.807) is 12.1 Å². The van der Waals surface area contributed by atoms with Crippen LogP contribution in [0.15, 0.2) is 48.2 Å². The topological polar surface area (TPSA) is 117 Å². The highest BCUT2D eigenvalue weighted by molar-refractivity contribution is 6.36. The molecule has 0 radical (unpaired) electrons. The Morgan fingerprint density at radius 2 is 1.96 bits per heavy atom. The fourth-order valence-corrected chi connectivity index (χ4v) is 2.45. The first-order valence-corrected chi connectivity index (χ1v) is 8.07. The summed E-state index contributed by atoms with van der Waals surface area (Å²) in [6.45, 7) is 0. The van der Waals surface area contributed by atoms with Crippen molar-refractivity contribution in [2.45, 2.75) is 0 Å². The van der Waals surface area contributed by atoms with Gasteiger partial charge in [0, 0.05) is 17.3 Å². The summed E-state index contributed by atoms with van der Waals surface area (Å²) >= 11 is 11.8. The van der Waals surface area contributed by atoms with Crippen molar-refractivity contribution in [3.05, 3.63) is 68.3 Å². The van der Waals surface area contributed by atoms with Gasteiger partial charge in [0.2, 0.25) is 0 Å². The number of hydrogen-bond donors (Lipinski definition) is 2. The number of amides is 1. The molecule has 2 aromatic carbocycles. The van der Waals surface area contributed by atoms with Crippen molar-refractivity contribution in [3.63, 3.8) is 0 Å². The molecule has 0 aliphatic heterocycles. The molecule has 2 N–H and O–H groups in total. The average Bonchev–Trinajstić information content (AvgIpc) is 2.64. The van der Waals surface area contributed by atoms with Crippen molar-refractivity contribution in [1.29, 1.82) is 5.26 Å². The number of carbonyl (C=O) groups excluding carboxylic acids is 1. The molecule has 8 nitrogen and oxygen atoms in total. The normalized spacial score (nSPS) is 10.7. The van der Waals surface area contributed by atoms with Gasteiger partial charge in [-0.15, -0.1) is 0 Å². The number of nitro benzene ring substituents is 1. The maximum atomic E-state index is 12.2. The summed E-state index contributed by atoms with van der Waals surface area (Å²) < 4.78 is 5.08. The molecule has 0 unspecified atom stereocenters. The maximum Gasteiger partial charge on any atom is 0.273 e. The lowest BCUT2D eigenvalue weighted by Gasteiger charge is -2.09. The van der Waals surface area contributed by atoms with Crippen LogP contribution in [0.4, 0.5) is 17.1 Å². The predicted molar refractivity (Wildman–Crippen MR) is 102 cm³/mol. The van der Waals surface area contributed by atoms with Gasteiger partial charge in [-0.2, -0.15) is 5.26 Å². The van der Waals surface area contributed by atoms with Crippen LogP contribution in [0.25, 0.3) is 0 Å². The third-order valence-electron chi connectivity index (χ3n) is 3.31. The van der Waals surface area contributed by atoms with Crippen molar-refractivity contribution >= 4 is 46.2 Å². The second-order valence-electron chi connectivity index (χ2n) is 5.03. The summed E-state index contributed by atoms with van der Waals surface area (Å²) in [6, 6.07) is 10.1. The molecule has 0 fully saturated rings. The molecule has 2 aromatic rings. The van der Waals surface area contributed by atoms with Gasteiger partial charge in [-0.25, -0.2) is 0 Å². The quantitative estimate of drug-likeness (QED) is 0.318. The van der Waals surface area contributed by atoms with Gasteiger partial charge >= 0.3 is 0 Å². The van der Waals surface area contributed by atoms with Crippen LogP contribution in [0.2, 0.25) is 10.0 Å². The van der Waals surface area contributed by atoms with Crippen molar-refractivity contribution in [2.75, 3.05) is 17.7 Å². The van der Waals surface area contributed by atoms with Crippen LogP contribution in [0.3, 0.4) is 0 Å². The summed E-state index contributed by atoms with van der Waals surface area (Å²) in [5, 5.41) is 25.9. The van der Waals surface area contributed by atoms with Gasteiger partial charge < -0.3 is 15.4 Å². The van der Waals surface area contributed by atoms with Crippen LogP contribution < -0.4 is 15.4 Å². The number of hydrogen-bond acceptors (Lipinski definition) is 6. The number of nitriles is 1. The van der Waals surface area contributed by atoms with Gasteiger partial charge in [0.15, 0.2) is 0 Å². The fraction of sp³-hybridized carbons (Fsp3) is 0.0588.